The molecule has 0 radical (unpaired) electrons. The Morgan fingerprint density at radius 2 is 2.00 bits per heavy atom. The first-order valence-electron chi connectivity index (χ1n) is 9.06. The van der Waals surface area contributed by atoms with Crippen LogP contribution in [0.3, 0.4) is 0 Å². The summed E-state index contributed by atoms with van der Waals surface area (Å²) in [7, 11) is 0. The highest BCUT2D eigenvalue weighted by atomic mass is 16.3. The third-order valence-corrected chi connectivity index (χ3v) is 5.15. The van der Waals surface area contributed by atoms with E-state index in [2.05, 4.69) is 22.1 Å². The zero-order valence-corrected chi connectivity index (χ0v) is 14.9. The molecule has 0 saturated carbocycles. The molecule has 3 aromatic rings. The summed E-state index contributed by atoms with van der Waals surface area (Å²) in [5, 5.41) is 9.13. The van der Waals surface area contributed by atoms with E-state index in [-0.39, 0.29) is 12.5 Å². The number of hydrogen-bond donors (Lipinski definition) is 2. The van der Waals surface area contributed by atoms with E-state index in [1.165, 1.54) is 5.56 Å². The Kier molecular flexibility index (Phi) is 4.47. The van der Waals surface area contributed by atoms with Crippen LogP contribution in [0.25, 0.3) is 11.0 Å². The molecule has 1 aliphatic heterocycles. The molecule has 2 heterocycles. The molecule has 1 aromatic heterocycles. The second-order valence-electron chi connectivity index (χ2n) is 7.14. The van der Waals surface area contributed by atoms with Crippen LogP contribution < -0.4 is 0 Å². The average Bonchev–Trinajstić information content (AvgIpc) is 3.26. The van der Waals surface area contributed by atoms with E-state index in [4.69, 9.17) is 5.11 Å². The number of rotatable bonds is 4. The highest BCUT2D eigenvalue weighted by molar-refractivity contribution is 5.97. The SMILES string of the molecule is Cc1nc2ccc(C(=O)N3CCC(Cc4ccc(CO)cc4)C3)cc2[nH]1. The fourth-order valence-corrected chi connectivity index (χ4v) is 3.75. The molecule has 2 aromatic carbocycles. The van der Waals surface area contributed by atoms with Crippen molar-refractivity contribution in [3.05, 3.63) is 65.0 Å². The smallest absolute Gasteiger partial charge is 0.253 e. The topological polar surface area (TPSA) is 69.2 Å². The van der Waals surface area contributed by atoms with Gasteiger partial charge in [0.1, 0.15) is 5.82 Å². The van der Waals surface area contributed by atoms with Gasteiger partial charge < -0.3 is 15.0 Å². The molecule has 4 rings (SSSR count). The number of likely N-dealkylation sites (tertiary alicyclic amines) is 1. The monoisotopic (exact) mass is 349 g/mol. The molecule has 134 valence electrons. The number of carbonyl (C=O) groups excluding carboxylic acids is 1. The van der Waals surface area contributed by atoms with Gasteiger partial charge >= 0.3 is 0 Å². The molecular weight excluding hydrogens is 326 g/mol. The molecule has 1 fully saturated rings. The summed E-state index contributed by atoms with van der Waals surface area (Å²) < 4.78 is 0. The lowest BCUT2D eigenvalue weighted by Crippen LogP contribution is -2.28. The van der Waals surface area contributed by atoms with Crippen molar-refractivity contribution in [3.8, 4) is 0 Å². The minimum absolute atomic E-state index is 0.0756. The van der Waals surface area contributed by atoms with Crippen LogP contribution in [0.5, 0.6) is 0 Å². The lowest BCUT2D eigenvalue weighted by Gasteiger charge is -2.17. The van der Waals surface area contributed by atoms with Crippen LogP contribution in [0.2, 0.25) is 0 Å². The number of hydrogen-bond acceptors (Lipinski definition) is 3. The minimum atomic E-state index is 0.0756. The summed E-state index contributed by atoms with van der Waals surface area (Å²) in [5.74, 6) is 1.44. The van der Waals surface area contributed by atoms with Crippen LogP contribution in [0.4, 0.5) is 0 Å². The first-order valence-corrected chi connectivity index (χ1v) is 9.06. The van der Waals surface area contributed by atoms with E-state index in [9.17, 15) is 4.79 Å². The van der Waals surface area contributed by atoms with Gasteiger partial charge in [0.05, 0.1) is 17.6 Å². The van der Waals surface area contributed by atoms with E-state index < -0.39 is 0 Å². The molecule has 1 saturated heterocycles. The maximum atomic E-state index is 12.8. The summed E-state index contributed by atoms with van der Waals surface area (Å²) >= 11 is 0. The molecule has 0 bridgehead atoms. The molecule has 1 atom stereocenters. The quantitative estimate of drug-likeness (QED) is 0.760. The first kappa shape index (κ1) is 16.8. The van der Waals surface area contributed by atoms with Gasteiger partial charge in [0, 0.05) is 18.7 Å². The molecule has 5 nitrogen and oxygen atoms in total. The summed E-state index contributed by atoms with van der Waals surface area (Å²) in [6.07, 6.45) is 1.99. The van der Waals surface area contributed by atoms with E-state index in [0.29, 0.717) is 11.5 Å². The van der Waals surface area contributed by atoms with Gasteiger partial charge in [-0.15, -0.1) is 0 Å². The average molecular weight is 349 g/mol. The summed E-state index contributed by atoms with van der Waals surface area (Å²) in [6.45, 7) is 3.59. The van der Waals surface area contributed by atoms with Crippen molar-refractivity contribution in [2.45, 2.75) is 26.4 Å². The van der Waals surface area contributed by atoms with Gasteiger partial charge in [0.15, 0.2) is 0 Å². The van der Waals surface area contributed by atoms with Gasteiger partial charge in [-0.3, -0.25) is 4.79 Å². The van der Waals surface area contributed by atoms with Gasteiger partial charge in [0.25, 0.3) is 5.91 Å². The van der Waals surface area contributed by atoms with Crippen molar-refractivity contribution < 1.29 is 9.90 Å². The molecule has 0 spiro atoms. The number of fused-ring (bicyclic) bond motifs is 1. The Labute approximate surface area is 152 Å². The Hall–Kier alpha value is -2.66. The summed E-state index contributed by atoms with van der Waals surface area (Å²) in [5.41, 5.74) is 4.71. The van der Waals surface area contributed by atoms with E-state index >= 15 is 0 Å². The molecule has 1 unspecified atom stereocenters. The van der Waals surface area contributed by atoms with Crippen molar-refractivity contribution in [3.63, 3.8) is 0 Å². The largest absolute Gasteiger partial charge is 0.392 e. The van der Waals surface area contributed by atoms with E-state index in [1.54, 1.807) is 0 Å². The number of aromatic amines is 1. The van der Waals surface area contributed by atoms with Crippen molar-refractivity contribution in [2.75, 3.05) is 13.1 Å². The number of nitrogens with zero attached hydrogens (tertiary/aromatic N) is 2. The number of aryl methyl sites for hydroxylation is 1. The number of aliphatic hydroxyl groups excluding tert-OH is 1. The highest BCUT2D eigenvalue weighted by Crippen LogP contribution is 2.24. The van der Waals surface area contributed by atoms with Gasteiger partial charge in [0.2, 0.25) is 0 Å². The lowest BCUT2D eigenvalue weighted by atomic mass is 9.98. The zero-order valence-electron chi connectivity index (χ0n) is 14.9. The van der Waals surface area contributed by atoms with Crippen molar-refractivity contribution in [1.82, 2.24) is 14.9 Å². The Morgan fingerprint density at radius 3 is 2.77 bits per heavy atom. The van der Waals surface area contributed by atoms with E-state index in [0.717, 1.165) is 48.4 Å². The number of carbonyl (C=O) groups is 1. The number of aromatic nitrogens is 2. The number of nitrogens with one attached hydrogen (secondary N) is 1. The lowest BCUT2D eigenvalue weighted by molar-refractivity contribution is 0.0787. The van der Waals surface area contributed by atoms with Gasteiger partial charge in [-0.05, 0) is 55.0 Å². The highest BCUT2D eigenvalue weighted by Gasteiger charge is 2.27. The van der Waals surface area contributed by atoms with Crippen molar-refractivity contribution in [2.24, 2.45) is 5.92 Å². The molecule has 0 aliphatic carbocycles. The van der Waals surface area contributed by atoms with Crippen LogP contribution >= 0.6 is 0 Å². The fraction of sp³-hybridized carbons (Fsp3) is 0.333. The number of aliphatic hydroxyl groups is 1. The molecule has 5 heteroatoms. The molecule has 26 heavy (non-hydrogen) atoms. The molecular formula is C21H23N3O2. The summed E-state index contributed by atoms with van der Waals surface area (Å²) in [6, 6.07) is 13.8. The van der Waals surface area contributed by atoms with Crippen LogP contribution in [0, 0.1) is 12.8 Å². The van der Waals surface area contributed by atoms with Gasteiger partial charge in [-0.1, -0.05) is 24.3 Å². The second kappa shape index (κ2) is 6.92. The molecule has 1 amide bonds. The zero-order chi connectivity index (χ0) is 18.1. The maximum Gasteiger partial charge on any atom is 0.253 e. The van der Waals surface area contributed by atoms with Crippen molar-refractivity contribution in [1.29, 1.82) is 0 Å². The number of amides is 1. The fourth-order valence-electron chi connectivity index (χ4n) is 3.75. The number of H-pyrrole nitrogens is 1. The predicted molar refractivity (Wildman–Crippen MR) is 101 cm³/mol. The first-order chi connectivity index (χ1) is 12.6. The minimum Gasteiger partial charge on any atom is -0.392 e. The third-order valence-electron chi connectivity index (χ3n) is 5.15. The van der Waals surface area contributed by atoms with Crippen molar-refractivity contribution >= 4 is 16.9 Å². The standard InChI is InChI=1S/C21H23N3O2/c1-14-22-19-7-6-18(11-20(19)23-14)21(26)24-9-8-17(12-24)10-15-2-4-16(13-25)5-3-15/h2-7,11,17,25H,8-10,12-13H2,1H3,(H,22,23). The normalized spacial score (nSPS) is 17.2. The Balaban J connectivity index is 1.42. The van der Waals surface area contributed by atoms with E-state index in [1.807, 2.05) is 42.2 Å². The Morgan fingerprint density at radius 1 is 1.23 bits per heavy atom. The predicted octanol–water partition coefficient (Wildman–Crippen LogP) is 3.07. The molecule has 2 N–H and O–H groups in total. The second-order valence-corrected chi connectivity index (χ2v) is 7.14. The number of imidazole rings is 1. The molecule has 1 aliphatic rings. The maximum absolute atomic E-state index is 12.8. The number of benzene rings is 2. The van der Waals surface area contributed by atoms with Crippen LogP contribution in [-0.4, -0.2) is 39.0 Å². The van der Waals surface area contributed by atoms with Crippen LogP contribution in [0.15, 0.2) is 42.5 Å². The summed E-state index contributed by atoms with van der Waals surface area (Å²) in [4.78, 5) is 22.4. The van der Waals surface area contributed by atoms with Gasteiger partial charge in [-0.2, -0.15) is 0 Å². The van der Waals surface area contributed by atoms with Gasteiger partial charge in [-0.25, -0.2) is 4.98 Å². The third kappa shape index (κ3) is 3.35. The van der Waals surface area contributed by atoms with Crippen LogP contribution in [0.1, 0.15) is 33.7 Å². The Bertz CT molecular complexity index is 930. The van der Waals surface area contributed by atoms with Crippen LogP contribution in [-0.2, 0) is 13.0 Å².